The smallest absolute Gasteiger partial charge is 0.328 e. The molecule has 35 heavy (non-hydrogen) atoms. The number of rotatable bonds is 6. The van der Waals surface area contributed by atoms with Crippen molar-refractivity contribution in [2.45, 2.75) is 50.3 Å². The Kier molecular flexibility index (Phi) is 6.37. The number of esters is 1. The van der Waals surface area contributed by atoms with Crippen LogP contribution in [0.5, 0.6) is 5.75 Å². The Hall–Kier alpha value is -3.37. The van der Waals surface area contributed by atoms with Crippen molar-refractivity contribution in [2.75, 3.05) is 13.7 Å². The first-order chi connectivity index (χ1) is 16.4. The van der Waals surface area contributed by atoms with Crippen molar-refractivity contribution < 1.29 is 32.6 Å². The molecule has 0 bridgehead atoms. The molecule has 0 spiro atoms. The molecule has 0 fully saturated rings. The van der Waals surface area contributed by atoms with Gasteiger partial charge in [-0.1, -0.05) is 18.2 Å². The minimum atomic E-state index is -4.17. The summed E-state index contributed by atoms with van der Waals surface area (Å²) in [5.41, 5.74) is 0.916. The zero-order valence-electron chi connectivity index (χ0n) is 20.0. The van der Waals surface area contributed by atoms with Crippen LogP contribution >= 0.6 is 0 Å². The number of hydrogen-bond acceptors (Lipinski definition) is 6. The highest BCUT2D eigenvalue weighted by atomic mass is 32.2. The van der Waals surface area contributed by atoms with E-state index < -0.39 is 33.6 Å². The number of methoxy groups -OCH3 is 1. The molecule has 1 aromatic heterocycles. The molecule has 0 saturated carbocycles. The van der Waals surface area contributed by atoms with Gasteiger partial charge in [0.05, 0.1) is 17.7 Å². The van der Waals surface area contributed by atoms with Gasteiger partial charge in [0, 0.05) is 17.4 Å². The van der Waals surface area contributed by atoms with Gasteiger partial charge >= 0.3 is 11.9 Å². The minimum Gasteiger partial charge on any atom is -0.497 e. The number of aliphatic carboxylic acids is 1. The minimum absolute atomic E-state index is 0.0151. The third-order valence-corrected chi connectivity index (χ3v) is 7.74. The average molecular weight is 501 g/mol. The summed E-state index contributed by atoms with van der Waals surface area (Å²) in [5.74, 6) is -1.38. The van der Waals surface area contributed by atoms with Gasteiger partial charge < -0.3 is 19.1 Å². The van der Waals surface area contributed by atoms with Crippen LogP contribution < -0.4 is 4.74 Å². The van der Waals surface area contributed by atoms with Crippen molar-refractivity contribution in [2.24, 2.45) is 0 Å². The molecule has 2 heterocycles. The molecule has 4 rings (SSSR count). The molecule has 0 saturated heterocycles. The molecular formula is C25H28N2O7S. The van der Waals surface area contributed by atoms with Crippen LogP contribution in [-0.4, -0.2) is 53.6 Å². The molecule has 0 amide bonds. The van der Waals surface area contributed by atoms with Crippen LogP contribution in [0.25, 0.3) is 10.9 Å². The Morgan fingerprint density at radius 2 is 1.74 bits per heavy atom. The summed E-state index contributed by atoms with van der Waals surface area (Å²) in [6, 6.07) is 11.6. The summed E-state index contributed by atoms with van der Waals surface area (Å²) in [5, 5.41) is 11.1. The summed E-state index contributed by atoms with van der Waals surface area (Å²) in [4.78, 5) is 25.3. The number of nitrogens with zero attached hydrogens (tertiary/aromatic N) is 2. The number of carboxylic acid groups (broad SMARTS) is 1. The lowest BCUT2D eigenvalue weighted by Crippen LogP contribution is -2.44. The van der Waals surface area contributed by atoms with E-state index >= 15 is 0 Å². The van der Waals surface area contributed by atoms with E-state index in [0.717, 1.165) is 15.3 Å². The van der Waals surface area contributed by atoms with Gasteiger partial charge in [-0.2, -0.15) is 4.31 Å². The number of fused-ring (bicyclic) bond motifs is 3. The van der Waals surface area contributed by atoms with Crippen LogP contribution in [0, 0.1) is 0 Å². The number of ether oxygens (including phenoxy) is 2. The van der Waals surface area contributed by atoms with Crippen LogP contribution in [0.2, 0.25) is 0 Å². The number of para-hydroxylation sites is 1. The number of aromatic nitrogens is 1. The SMILES string of the molecule is COc1ccc(S(=O)(=O)N2CCc3c(n(CC(=O)OC(C)(C)C)c4ccccc34)C2C(=O)O)cc1. The summed E-state index contributed by atoms with van der Waals surface area (Å²) < 4.78 is 40.3. The molecule has 0 aliphatic carbocycles. The van der Waals surface area contributed by atoms with Gasteiger partial charge in [0.2, 0.25) is 10.0 Å². The van der Waals surface area contributed by atoms with Gasteiger partial charge in [0.1, 0.15) is 17.9 Å². The maximum atomic E-state index is 13.6. The maximum absolute atomic E-state index is 13.6. The quantitative estimate of drug-likeness (QED) is 0.516. The fourth-order valence-electron chi connectivity index (χ4n) is 4.51. The van der Waals surface area contributed by atoms with E-state index in [2.05, 4.69) is 0 Å². The third kappa shape index (κ3) is 4.63. The van der Waals surface area contributed by atoms with E-state index in [0.29, 0.717) is 17.7 Å². The van der Waals surface area contributed by atoms with Crippen molar-refractivity contribution in [3.63, 3.8) is 0 Å². The fraction of sp³-hybridized carbons (Fsp3) is 0.360. The van der Waals surface area contributed by atoms with Crippen LogP contribution in [0.15, 0.2) is 53.4 Å². The molecule has 1 aliphatic rings. The van der Waals surface area contributed by atoms with Gasteiger partial charge in [-0.25, -0.2) is 8.42 Å². The van der Waals surface area contributed by atoms with Crippen LogP contribution in [0.3, 0.4) is 0 Å². The van der Waals surface area contributed by atoms with Gasteiger partial charge in [0.15, 0.2) is 6.04 Å². The number of sulfonamides is 1. The van der Waals surface area contributed by atoms with Crippen LogP contribution in [0.1, 0.15) is 38.1 Å². The van der Waals surface area contributed by atoms with Gasteiger partial charge in [-0.15, -0.1) is 0 Å². The highest BCUT2D eigenvalue weighted by Crippen LogP contribution is 2.40. The molecule has 1 aliphatic heterocycles. The third-order valence-electron chi connectivity index (χ3n) is 5.86. The molecule has 1 unspecified atom stereocenters. The number of benzene rings is 2. The summed E-state index contributed by atoms with van der Waals surface area (Å²) in [6.45, 7) is 4.98. The number of carboxylic acids is 1. The summed E-state index contributed by atoms with van der Waals surface area (Å²) >= 11 is 0. The lowest BCUT2D eigenvalue weighted by Gasteiger charge is -2.33. The number of carbonyl (C=O) groups is 2. The second-order valence-electron chi connectivity index (χ2n) is 9.34. The van der Waals surface area contributed by atoms with E-state index in [4.69, 9.17) is 9.47 Å². The average Bonchev–Trinajstić information content (AvgIpc) is 3.10. The summed E-state index contributed by atoms with van der Waals surface area (Å²) in [7, 11) is -2.70. The van der Waals surface area contributed by atoms with Crippen molar-refractivity contribution in [3.05, 3.63) is 59.8 Å². The lowest BCUT2D eigenvalue weighted by molar-refractivity contribution is -0.155. The van der Waals surface area contributed by atoms with Crippen molar-refractivity contribution in [3.8, 4) is 5.75 Å². The Morgan fingerprint density at radius 1 is 1.09 bits per heavy atom. The number of hydrogen-bond donors (Lipinski definition) is 1. The fourth-order valence-corrected chi connectivity index (χ4v) is 6.06. The second-order valence-corrected chi connectivity index (χ2v) is 11.2. The molecule has 3 aromatic rings. The highest BCUT2D eigenvalue weighted by Gasteiger charge is 2.44. The van der Waals surface area contributed by atoms with E-state index in [-0.39, 0.29) is 23.7 Å². The molecule has 1 N–H and O–H groups in total. The molecule has 9 nitrogen and oxygen atoms in total. The molecule has 0 radical (unpaired) electrons. The maximum Gasteiger partial charge on any atom is 0.328 e. The predicted molar refractivity (Wildman–Crippen MR) is 129 cm³/mol. The Labute approximate surface area is 203 Å². The topological polar surface area (TPSA) is 115 Å². The Balaban J connectivity index is 1.85. The Morgan fingerprint density at radius 3 is 2.34 bits per heavy atom. The van der Waals surface area contributed by atoms with Gasteiger partial charge in [-0.05, 0) is 63.1 Å². The standard InChI is InChI=1S/C25H28N2O7S/c1-25(2,3)34-21(28)15-26-20-8-6-5-7-18(20)19-13-14-27(23(22(19)26)24(29)30)35(31,32)17-11-9-16(33-4)10-12-17/h5-12,23H,13-15H2,1-4H3,(H,29,30). The molecular weight excluding hydrogens is 472 g/mol. The molecule has 10 heteroatoms. The van der Waals surface area contributed by atoms with Crippen LogP contribution in [0.4, 0.5) is 0 Å². The van der Waals surface area contributed by atoms with E-state index in [1.807, 2.05) is 12.1 Å². The van der Waals surface area contributed by atoms with Crippen molar-refractivity contribution in [1.29, 1.82) is 0 Å². The van der Waals surface area contributed by atoms with Gasteiger partial charge in [-0.3, -0.25) is 9.59 Å². The zero-order valence-corrected chi connectivity index (χ0v) is 20.8. The highest BCUT2D eigenvalue weighted by molar-refractivity contribution is 7.89. The molecule has 1 atom stereocenters. The number of carbonyl (C=O) groups excluding carboxylic acids is 1. The predicted octanol–water partition coefficient (Wildman–Crippen LogP) is 3.36. The van der Waals surface area contributed by atoms with E-state index in [9.17, 15) is 23.1 Å². The van der Waals surface area contributed by atoms with Crippen molar-refractivity contribution in [1.82, 2.24) is 8.87 Å². The zero-order chi connectivity index (χ0) is 25.5. The summed E-state index contributed by atoms with van der Waals surface area (Å²) in [6.07, 6.45) is 0.302. The van der Waals surface area contributed by atoms with Crippen LogP contribution in [-0.2, 0) is 37.3 Å². The van der Waals surface area contributed by atoms with E-state index in [1.54, 1.807) is 37.5 Å². The second kappa shape index (κ2) is 9.01. The molecule has 186 valence electrons. The molecule has 2 aromatic carbocycles. The first kappa shape index (κ1) is 24.7. The lowest BCUT2D eigenvalue weighted by atomic mass is 9.99. The van der Waals surface area contributed by atoms with Crippen molar-refractivity contribution >= 4 is 32.9 Å². The first-order valence-electron chi connectivity index (χ1n) is 11.1. The van der Waals surface area contributed by atoms with Gasteiger partial charge in [0.25, 0.3) is 0 Å². The van der Waals surface area contributed by atoms with E-state index in [1.165, 1.54) is 31.4 Å². The Bertz CT molecular complexity index is 1390. The monoisotopic (exact) mass is 500 g/mol. The largest absolute Gasteiger partial charge is 0.497 e. The normalized spacial score (nSPS) is 16.6. The first-order valence-corrected chi connectivity index (χ1v) is 12.6.